The normalized spacial score (nSPS) is 15.4. The van der Waals surface area contributed by atoms with Crippen LogP contribution >= 0.6 is 11.8 Å². The first-order valence-corrected chi connectivity index (χ1v) is 10.6. The number of rotatable bonds is 6. The van der Waals surface area contributed by atoms with Gasteiger partial charge in [0, 0.05) is 22.2 Å². The Labute approximate surface area is 175 Å². The molecule has 0 aliphatic carbocycles. The average Bonchev–Trinajstić information content (AvgIpc) is 2.74. The van der Waals surface area contributed by atoms with Gasteiger partial charge in [-0.2, -0.15) is 0 Å². The molecule has 1 aromatic heterocycles. The Morgan fingerprint density at radius 1 is 1.24 bits per heavy atom. The quantitative estimate of drug-likeness (QED) is 0.567. The molecule has 0 saturated heterocycles. The molecule has 0 amide bonds. The predicted molar refractivity (Wildman–Crippen MR) is 114 cm³/mol. The Balaban J connectivity index is 1.50. The van der Waals surface area contributed by atoms with Crippen molar-refractivity contribution >= 4 is 17.7 Å². The van der Waals surface area contributed by atoms with Crippen LogP contribution in [-0.2, 0) is 6.42 Å². The molecule has 148 valence electrons. The third-order valence-corrected chi connectivity index (χ3v) is 6.53. The van der Waals surface area contributed by atoms with E-state index >= 15 is 0 Å². The summed E-state index contributed by atoms with van der Waals surface area (Å²) in [6, 6.07) is 16.4. The molecule has 0 fully saturated rings. The van der Waals surface area contributed by atoms with Gasteiger partial charge in [0.1, 0.15) is 5.75 Å². The fourth-order valence-electron chi connectivity index (χ4n) is 3.77. The molecule has 29 heavy (non-hydrogen) atoms. The second-order valence-corrected chi connectivity index (χ2v) is 8.39. The first kappa shape index (κ1) is 19.5. The van der Waals surface area contributed by atoms with Crippen LogP contribution in [0, 0.1) is 6.92 Å². The van der Waals surface area contributed by atoms with Crippen LogP contribution in [0.3, 0.4) is 0 Å². The van der Waals surface area contributed by atoms with Gasteiger partial charge in [-0.1, -0.05) is 36.0 Å². The lowest BCUT2D eigenvalue weighted by Crippen LogP contribution is -2.15. The van der Waals surface area contributed by atoms with Gasteiger partial charge in [0.2, 0.25) is 0 Å². The highest BCUT2D eigenvalue weighted by atomic mass is 32.2. The van der Waals surface area contributed by atoms with Crippen molar-refractivity contribution in [3.63, 3.8) is 0 Å². The highest BCUT2D eigenvalue weighted by Gasteiger charge is 2.23. The molecule has 1 N–H and O–H groups in total. The van der Waals surface area contributed by atoms with E-state index in [0.717, 1.165) is 24.2 Å². The Morgan fingerprint density at radius 3 is 2.93 bits per heavy atom. The van der Waals surface area contributed by atoms with Crippen molar-refractivity contribution in [3.05, 3.63) is 83.2 Å². The van der Waals surface area contributed by atoms with Crippen LogP contribution in [0.4, 0.5) is 0 Å². The van der Waals surface area contributed by atoms with Gasteiger partial charge in [0.15, 0.2) is 0 Å². The monoisotopic (exact) mass is 405 g/mol. The van der Waals surface area contributed by atoms with E-state index in [9.17, 15) is 9.90 Å². The van der Waals surface area contributed by atoms with Gasteiger partial charge < -0.3 is 9.84 Å². The smallest absolute Gasteiger partial charge is 0.336 e. The maximum Gasteiger partial charge on any atom is 0.336 e. The molecule has 2 aromatic carbocycles. The third kappa shape index (κ3) is 4.46. The molecule has 0 radical (unpaired) electrons. The van der Waals surface area contributed by atoms with Crippen molar-refractivity contribution in [1.29, 1.82) is 0 Å². The van der Waals surface area contributed by atoms with Gasteiger partial charge in [0.25, 0.3) is 0 Å². The Morgan fingerprint density at radius 2 is 2.10 bits per heavy atom. The van der Waals surface area contributed by atoms with Crippen LogP contribution in [0.15, 0.2) is 70.7 Å². The zero-order valence-electron chi connectivity index (χ0n) is 16.3. The number of nitrogens with zero attached hydrogens (tertiary/aromatic N) is 1. The van der Waals surface area contributed by atoms with E-state index in [1.165, 1.54) is 27.1 Å². The fourth-order valence-corrected chi connectivity index (χ4v) is 4.70. The van der Waals surface area contributed by atoms with Crippen molar-refractivity contribution in [2.75, 3.05) is 6.61 Å². The van der Waals surface area contributed by atoms with Crippen molar-refractivity contribution in [1.82, 2.24) is 4.98 Å². The molecule has 5 heteroatoms. The van der Waals surface area contributed by atoms with E-state index in [1.807, 2.05) is 0 Å². The summed E-state index contributed by atoms with van der Waals surface area (Å²) in [5.74, 6) is 0.412. The van der Waals surface area contributed by atoms with Crippen molar-refractivity contribution in [2.24, 2.45) is 0 Å². The molecule has 0 spiro atoms. The van der Waals surface area contributed by atoms with Gasteiger partial charge in [-0.05, 0) is 73.1 Å². The molecule has 1 atom stereocenters. The van der Waals surface area contributed by atoms with Gasteiger partial charge in [-0.3, -0.25) is 4.98 Å². The number of aromatic carboxylic acids is 1. The Bertz CT molecular complexity index is 1030. The van der Waals surface area contributed by atoms with Gasteiger partial charge in [-0.15, -0.1) is 0 Å². The molecular weight excluding hydrogens is 382 g/mol. The first-order valence-electron chi connectivity index (χ1n) is 9.78. The van der Waals surface area contributed by atoms with Crippen LogP contribution in [0.2, 0.25) is 0 Å². The van der Waals surface area contributed by atoms with Crippen molar-refractivity contribution in [2.45, 2.75) is 41.9 Å². The molecule has 2 heterocycles. The number of pyridine rings is 1. The Kier molecular flexibility index (Phi) is 5.86. The Hall–Kier alpha value is -2.79. The molecule has 0 saturated carbocycles. The molecule has 0 bridgehead atoms. The lowest BCUT2D eigenvalue weighted by atomic mass is 9.87. The number of carboxylic acid groups (broad SMARTS) is 1. The summed E-state index contributed by atoms with van der Waals surface area (Å²) in [7, 11) is 0. The lowest BCUT2D eigenvalue weighted by molar-refractivity contribution is 0.0695. The van der Waals surface area contributed by atoms with Crippen molar-refractivity contribution in [3.8, 4) is 5.75 Å². The fraction of sp³-hybridized carbons (Fsp3) is 0.250. The van der Waals surface area contributed by atoms with Crippen LogP contribution < -0.4 is 4.74 Å². The summed E-state index contributed by atoms with van der Waals surface area (Å²) in [6.07, 6.45) is 5.72. The number of benzene rings is 2. The molecule has 4 rings (SSSR count). The predicted octanol–water partition coefficient (Wildman–Crippen LogP) is 5.74. The summed E-state index contributed by atoms with van der Waals surface area (Å²) in [4.78, 5) is 17.9. The second-order valence-electron chi connectivity index (χ2n) is 7.28. The molecule has 0 unspecified atom stereocenters. The number of aromatic nitrogens is 1. The zero-order valence-corrected chi connectivity index (χ0v) is 17.1. The minimum Gasteiger partial charge on any atom is -0.493 e. The summed E-state index contributed by atoms with van der Waals surface area (Å²) in [5, 5.41) is 9.38. The largest absolute Gasteiger partial charge is 0.493 e. The maximum absolute atomic E-state index is 11.4. The van der Waals surface area contributed by atoms with Crippen LogP contribution in [0.25, 0.3) is 0 Å². The number of fused-ring (bicyclic) bond motifs is 1. The summed E-state index contributed by atoms with van der Waals surface area (Å²) in [5.41, 5.74) is 3.61. The molecule has 1 aliphatic rings. The molecule has 3 aromatic rings. The van der Waals surface area contributed by atoms with Gasteiger partial charge in [0.05, 0.1) is 12.2 Å². The number of aryl methyl sites for hydroxylation is 2. The highest BCUT2D eigenvalue weighted by molar-refractivity contribution is 7.99. The maximum atomic E-state index is 11.4. The summed E-state index contributed by atoms with van der Waals surface area (Å²) >= 11 is 1.75. The summed E-state index contributed by atoms with van der Waals surface area (Å²) in [6.45, 7) is 2.81. The first-order chi connectivity index (χ1) is 14.1. The van der Waals surface area contributed by atoms with Crippen LogP contribution in [0.1, 0.15) is 45.8 Å². The van der Waals surface area contributed by atoms with E-state index < -0.39 is 5.97 Å². The third-order valence-electron chi connectivity index (χ3n) is 5.37. The number of carboxylic acids is 1. The lowest BCUT2D eigenvalue weighted by Gasteiger charge is -2.26. The number of ether oxygens (including phenoxy) is 1. The number of hydrogen-bond acceptors (Lipinski definition) is 4. The van der Waals surface area contributed by atoms with Crippen molar-refractivity contribution < 1.29 is 14.6 Å². The van der Waals surface area contributed by atoms with E-state index in [4.69, 9.17) is 4.74 Å². The number of hydrogen-bond donors (Lipinski definition) is 1. The van der Waals surface area contributed by atoms with E-state index in [-0.39, 0.29) is 0 Å². The zero-order chi connectivity index (χ0) is 20.2. The van der Waals surface area contributed by atoms with Crippen LogP contribution in [-0.4, -0.2) is 22.7 Å². The molecular formula is C24H23NO3S. The van der Waals surface area contributed by atoms with E-state index in [0.29, 0.717) is 24.5 Å². The minimum atomic E-state index is -0.896. The minimum absolute atomic E-state index is 0.345. The average molecular weight is 406 g/mol. The van der Waals surface area contributed by atoms with E-state index in [2.05, 4.69) is 54.4 Å². The van der Waals surface area contributed by atoms with Crippen LogP contribution in [0.5, 0.6) is 5.75 Å². The number of carbonyl (C=O) groups is 1. The van der Waals surface area contributed by atoms with Gasteiger partial charge in [-0.25, -0.2) is 4.79 Å². The highest BCUT2D eigenvalue weighted by Crippen LogP contribution is 2.40. The van der Waals surface area contributed by atoms with Gasteiger partial charge >= 0.3 is 5.97 Å². The SMILES string of the molecule is Cc1ccccc1Sc1ccc2c(c1)OCC[C@H]2CCc1cnccc1C(=O)O. The second kappa shape index (κ2) is 8.70. The standard InChI is InChI=1S/C24H23NO3S/c1-16-4-2-3-5-23(16)29-19-8-9-20-17(11-13-28-22(20)14-19)6-7-18-15-25-12-10-21(18)24(26)27/h2-5,8-10,12,14-15,17H,6-7,11,13H2,1H3,(H,26,27)/t17-/m1/s1. The molecule has 4 nitrogen and oxygen atoms in total. The topological polar surface area (TPSA) is 59.4 Å². The molecule has 1 aliphatic heterocycles. The van der Waals surface area contributed by atoms with E-state index in [1.54, 1.807) is 24.0 Å². The summed E-state index contributed by atoms with van der Waals surface area (Å²) < 4.78 is 5.96.